The summed E-state index contributed by atoms with van der Waals surface area (Å²) in [5.41, 5.74) is 3.00. The number of pyridine rings is 1. The van der Waals surface area contributed by atoms with Crippen molar-refractivity contribution in [1.82, 2.24) is 19.6 Å². The highest BCUT2D eigenvalue weighted by atomic mass is 35.5. The number of anilines is 3. The van der Waals surface area contributed by atoms with E-state index < -0.39 is 0 Å². The molecule has 0 unspecified atom stereocenters. The highest BCUT2D eigenvalue weighted by Gasteiger charge is 2.19. The number of piperazine rings is 1. The zero-order valence-electron chi connectivity index (χ0n) is 20.7. The molecule has 192 valence electrons. The van der Waals surface area contributed by atoms with E-state index in [0.717, 1.165) is 43.1 Å². The number of nitrogens with zero attached hydrogens (tertiary/aromatic N) is 5. The van der Waals surface area contributed by atoms with E-state index in [1.54, 1.807) is 24.3 Å². The van der Waals surface area contributed by atoms with E-state index in [9.17, 15) is 4.79 Å². The Kier molecular flexibility index (Phi) is 7.50. The molecule has 0 amide bonds. The molecule has 1 saturated heterocycles. The molecule has 1 aliphatic rings. The number of nitrogens with one attached hydrogen (secondary N) is 1. The van der Waals surface area contributed by atoms with Gasteiger partial charge in [0.05, 0.1) is 15.7 Å². The van der Waals surface area contributed by atoms with Gasteiger partial charge in [0.2, 0.25) is 5.95 Å². The number of halogens is 2. The summed E-state index contributed by atoms with van der Waals surface area (Å²) in [6.07, 6.45) is 1.18. The minimum absolute atomic E-state index is 0.288. The fourth-order valence-electron chi connectivity index (χ4n) is 4.67. The van der Waals surface area contributed by atoms with Crippen molar-refractivity contribution in [1.29, 1.82) is 0 Å². The van der Waals surface area contributed by atoms with Crippen LogP contribution in [0.1, 0.15) is 13.3 Å². The highest BCUT2D eigenvalue weighted by molar-refractivity contribution is 6.39. The Morgan fingerprint density at radius 2 is 1.65 bits per heavy atom. The Balaban J connectivity index is 1.49. The second kappa shape index (κ2) is 11.0. The SMILES string of the molecule is CCCN1CCN(c2ccc(Nc3nc(-c4c(Cl)cccc4Cl)c4ccc(=O)n(OC)c4n3)cc2)CC1. The predicted octanol–water partition coefficient (Wildman–Crippen LogP) is 5.10. The van der Waals surface area contributed by atoms with E-state index in [-0.39, 0.29) is 11.5 Å². The Bertz CT molecular complexity index is 1450. The molecule has 1 N–H and O–H groups in total. The van der Waals surface area contributed by atoms with Gasteiger partial charge in [-0.2, -0.15) is 4.98 Å². The third-order valence-corrected chi connectivity index (χ3v) is 7.12. The smallest absolute Gasteiger partial charge is 0.285 e. The van der Waals surface area contributed by atoms with E-state index in [0.29, 0.717) is 32.3 Å². The van der Waals surface area contributed by atoms with Crippen LogP contribution in [0.2, 0.25) is 10.0 Å². The van der Waals surface area contributed by atoms with E-state index in [4.69, 9.17) is 33.0 Å². The Morgan fingerprint density at radius 3 is 2.30 bits per heavy atom. The van der Waals surface area contributed by atoms with Gasteiger partial charge in [-0.3, -0.25) is 9.69 Å². The normalized spacial score (nSPS) is 14.2. The topological polar surface area (TPSA) is 75.5 Å². The van der Waals surface area contributed by atoms with Gasteiger partial charge in [0.25, 0.3) is 5.56 Å². The molecule has 0 aliphatic carbocycles. The molecular formula is C27H28Cl2N6O2. The van der Waals surface area contributed by atoms with Gasteiger partial charge in [-0.25, -0.2) is 4.98 Å². The van der Waals surface area contributed by atoms with Crippen LogP contribution in [0.15, 0.2) is 59.4 Å². The van der Waals surface area contributed by atoms with E-state index in [2.05, 4.69) is 39.2 Å². The lowest BCUT2D eigenvalue weighted by Gasteiger charge is -2.36. The first-order valence-electron chi connectivity index (χ1n) is 12.3. The number of rotatable bonds is 7. The molecule has 0 spiro atoms. The van der Waals surface area contributed by atoms with Crippen LogP contribution >= 0.6 is 23.2 Å². The minimum Gasteiger partial charge on any atom is -0.412 e. The van der Waals surface area contributed by atoms with Crippen LogP contribution in [0.5, 0.6) is 0 Å². The molecule has 5 rings (SSSR count). The summed E-state index contributed by atoms with van der Waals surface area (Å²) in [4.78, 5) is 32.0. The molecule has 1 fully saturated rings. The highest BCUT2D eigenvalue weighted by Crippen LogP contribution is 2.37. The maximum Gasteiger partial charge on any atom is 0.285 e. The third-order valence-electron chi connectivity index (χ3n) is 6.49. The molecule has 37 heavy (non-hydrogen) atoms. The van der Waals surface area contributed by atoms with E-state index >= 15 is 0 Å². The minimum atomic E-state index is -0.348. The van der Waals surface area contributed by atoms with Gasteiger partial charge in [0.1, 0.15) is 7.11 Å². The summed E-state index contributed by atoms with van der Waals surface area (Å²) >= 11 is 13.1. The molecule has 10 heteroatoms. The lowest BCUT2D eigenvalue weighted by molar-refractivity contribution is 0.167. The standard InChI is InChI=1S/C27H28Cl2N6O2/c1-3-13-33-14-16-34(17-15-33)19-9-7-18(8-10-19)30-27-31-25(24-21(28)5-4-6-22(24)29)20-11-12-23(36)35(37-2)26(20)32-27/h4-12H,3,13-17H2,1-2H3,(H,30,31,32). The number of hydrogen-bond acceptors (Lipinski definition) is 7. The van der Waals surface area contributed by atoms with Gasteiger partial charge in [-0.15, -0.1) is 4.73 Å². The second-order valence-corrected chi connectivity index (χ2v) is 9.69. The number of aromatic nitrogens is 3. The number of benzene rings is 2. The summed E-state index contributed by atoms with van der Waals surface area (Å²) in [5.74, 6) is 0.288. The van der Waals surface area contributed by atoms with E-state index in [1.807, 2.05) is 12.1 Å². The molecule has 4 aromatic rings. The first-order chi connectivity index (χ1) is 18.0. The summed E-state index contributed by atoms with van der Waals surface area (Å²) < 4.78 is 1.12. The molecule has 0 atom stereocenters. The van der Waals surface area contributed by atoms with Crippen LogP contribution in [0, 0.1) is 0 Å². The molecule has 2 aromatic carbocycles. The van der Waals surface area contributed by atoms with Crippen molar-refractivity contribution in [2.45, 2.75) is 13.3 Å². The van der Waals surface area contributed by atoms with Crippen LogP contribution in [0.3, 0.4) is 0 Å². The molecule has 2 aromatic heterocycles. The predicted molar refractivity (Wildman–Crippen MR) is 150 cm³/mol. The first-order valence-corrected chi connectivity index (χ1v) is 13.0. The Morgan fingerprint density at radius 1 is 0.946 bits per heavy atom. The van der Waals surface area contributed by atoms with Crippen molar-refractivity contribution in [3.8, 4) is 11.3 Å². The molecule has 0 radical (unpaired) electrons. The fraction of sp³-hybridized carbons (Fsp3) is 0.296. The quantitative estimate of drug-likeness (QED) is 0.350. The zero-order chi connectivity index (χ0) is 25.9. The molecule has 0 saturated carbocycles. The van der Waals surface area contributed by atoms with Crippen molar-refractivity contribution in [3.63, 3.8) is 0 Å². The summed E-state index contributed by atoms with van der Waals surface area (Å²) in [7, 11) is 1.42. The van der Waals surface area contributed by atoms with Gasteiger partial charge >= 0.3 is 0 Å². The van der Waals surface area contributed by atoms with Crippen molar-refractivity contribution in [2.24, 2.45) is 0 Å². The molecule has 0 bridgehead atoms. The maximum atomic E-state index is 12.5. The lowest BCUT2D eigenvalue weighted by Crippen LogP contribution is -2.46. The Hall–Kier alpha value is -3.33. The third kappa shape index (κ3) is 5.23. The van der Waals surface area contributed by atoms with Crippen LogP contribution in [0.25, 0.3) is 22.3 Å². The van der Waals surface area contributed by atoms with Crippen LogP contribution in [-0.2, 0) is 0 Å². The van der Waals surface area contributed by atoms with Gasteiger partial charge in [0, 0.05) is 54.6 Å². The van der Waals surface area contributed by atoms with Crippen LogP contribution in [0.4, 0.5) is 17.3 Å². The fourth-order valence-corrected chi connectivity index (χ4v) is 5.25. The number of hydrogen-bond donors (Lipinski definition) is 1. The largest absolute Gasteiger partial charge is 0.412 e. The van der Waals surface area contributed by atoms with Crippen molar-refractivity contribution >= 4 is 51.6 Å². The molecule has 8 nitrogen and oxygen atoms in total. The lowest BCUT2D eigenvalue weighted by atomic mass is 10.1. The monoisotopic (exact) mass is 538 g/mol. The zero-order valence-corrected chi connectivity index (χ0v) is 22.3. The first kappa shape index (κ1) is 25.3. The van der Waals surface area contributed by atoms with Crippen molar-refractivity contribution in [2.75, 3.05) is 50.1 Å². The average molecular weight is 539 g/mol. The Labute approximate surface area is 225 Å². The molecule has 1 aliphatic heterocycles. The van der Waals surface area contributed by atoms with Gasteiger partial charge < -0.3 is 15.1 Å². The summed E-state index contributed by atoms with van der Waals surface area (Å²) in [6, 6.07) is 16.5. The molecule has 3 heterocycles. The van der Waals surface area contributed by atoms with Crippen LogP contribution in [-0.4, -0.2) is 59.4 Å². The van der Waals surface area contributed by atoms with Gasteiger partial charge in [-0.1, -0.05) is 36.2 Å². The van der Waals surface area contributed by atoms with Crippen LogP contribution < -0.4 is 20.6 Å². The summed E-state index contributed by atoms with van der Waals surface area (Å²) in [6.45, 7) is 7.55. The maximum absolute atomic E-state index is 12.5. The van der Waals surface area contributed by atoms with Gasteiger partial charge in [-0.05, 0) is 55.4 Å². The van der Waals surface area contributed by atoms with Crippen molar-refractivity contribution < 1.29 is 4.84 Å². The van der Waals surface area contributed by atoms with E-state index in [1.165, 1.54) is 25.3 Å². The van der Waals surface area contributed by atoms with Gasteiger partial charge in [0.15, 0.2) is 5.65 Å². The average Bonchev–Trinajstić information content (AvgIpc) is 2.90. The second-order valence-electron chi connectivity index (χ2n) is 8.88. The summed E-state index contributed by atoms with van der Waals surface area (Å²) in [5, 5.41) is 4.73. The molecular weight excluding hydrogens is 511 g/mol. The van der Waals surface area contributed by atoms with Crippen molar-refractivity contribution in [3.05, 3.63) is 75.0 Å². The number of fused-ring (bicyclic) bond motifs is 1.